The quantitative estimate of drug-likeness (QED) is 0.629. The van der Waals surface area contributed by atoms with E-state index in [-0.39, 0.29) is 30.1 Å². The summed E-state index contributed by atoms with van der Waals surface area (Å²) < 4.78 is 5.20. The standard InChI is InChI=1S/C12H22N2O3/c1-17-9-5-10(13-7-9)12(16)14-6-8-3-2-4-11(8)15/h8-11,13,15H,2-7H2,1H3,(H,14,16). The van der Waals surface area contributed by atoms with Crippen LogP contribution in [-0.4, -0.2) is 49.5 Å². The highest BCUT2D eigenvalue weighted by molar-refractivity contribution is 5.82. The molecule has 1 heterocycles. The lowest BCUT2D eigenvalue weighted by atomic mass is 10.1. The molecule has 4 atom stereocenters. The fraction of sp³-hybridized carbons (Fsp3) is 0.917. The van der Waals surface area contributed by atoms with Crippen LogP contribution in [0.4, 0.5) is 0 Å². The van der Waals surface area contributed by atoms with Crippen LogP contribution in [0.3, 0.4) is 0 Å². The van der Waals surface area contributed by atoms with Crippen LogP contribution in [0, 0.1) is 5.92 Å². The van der Waals surface area contributed by atoms with Crippen LogP contribution in [-0.2, 0) is 9.53 Å². The number of nitrogens with one attached hydrogen (secondary N) is 2. The highest BCUT2D eigenvalue weighted by Gasteiger charge is 2.31. The van der Waals surface area contributed by atoms with Crippen molar-refractivity contribution in [2.75, 3.05) is 20.2 Å². The molecule has 1 amide bonds. The third kappa shape index (κ3) is 3.18. The number of aliphatic hydroxyl groups is 1. The van der Waals surface area contributed by atoms with E-state index in [0.717, 1.165) is 32.2 Å². The van der Waals surface area contributed by atoms with E-state index >= 15 is 0 Å². The molecule has 1 saturated carbocycles. The summed E-state index contributed by atoms with van der Waals surface area (Å²) in [6, 6.07) is -0.140. The summed E-state index contributed by atoms with van der Waals surface area (Å²) in [5.41, 5.74) is 0. The van der Waals surface area contributed by atoms with Gasteiger partial charge in [-0.2, -0.15) is 0 Å². The van der Waals surface area contributed by atoms with Crippen LogP contribution < -0.4 is 10.6 Å². The van der Waals surface area contributed by atoms with Crippen molar-refractivity contribution in [1.82, 2.24) is 10.6 Å². The molecule has 2 fully saturated rings. The van der Waals surface area contributed by atoms with Gasteiger partial charge in [-0.3, -0.25) is 4.79 Å². The maximum Gasteiger partial charge on any atom is 0.237 e. The minimum absolute atomic E-state index is 0.0312. The number of amides is 1. The maximum atomic E-state index is 11.9. The lowest BCUT2D eigenvalue weighted by Gasteiger charge is -2.17. The smallest absolute Gasteiger partial charge is 0.237 e. The summed E-state index contributed by atoms with van der Waals surface area (Å²) in [5, 5.41) is 15.7. The summed E-state index contributed by atoms with van der Waals surface area (Å²) in [5.74, 6) is 0.266. The van der Waals surface area contributed by atoms with E-state index in [2.05, 4.69) is 10.6 Å². The zero-order valence-electron chi connectivity index (χ0n) is 10.3. The zero-order chi connectivity index (χ0) is 12.3. The second-order valence-corrected chi connectivity index (χ2v) is 5.06. The molecule has 0 aromatic carbocycles. The molecule has 1 saturated heterocycles. The molecule has 0 radical (unpaired) electrons. The molecule has 0 bridgehead atoms. The first-order chi connectivity index (χ1) is 8.20. The highest BCUT2D eigenvalue weighted by atomic mass is 16.5. The Morgan fingerprint density at radius 2 is 2.35 bits per heavy atom. The summed E-state index contributed by atoms with van der Waals surface area (Å²) in [6.45, 7) is 1.33. The highest BCUT2D eigenvalue weighted by Crippen LogP contribution is 2.24. The third-order valence-corrected chi connectivity index (χ3v) is 3.90. The fourth-order valence-electron chi connectivity index (χ4n) is 2.69. The number of carbonyl (C=O) groups excluding carboxylic acids is 1. The number of ether oxygens (including phenoxy) is 1. The van der Waals surface area contributed by atoms with Crippen molar-refractivity contribution in [2.45, 2.75) is 43.9 Å². The van der Waals surface area contributed by atoms with Crippen LogP contribution in [0.15, 0.2) is 0 Å². The molecule has 2 aliphatic rings. The number of aliphatic hydroxyl groups excluding tert-OH is 1. The van der Waals surface area contributed by atoms with Gasteiger partial charge in [0.1, 0.15) is 0 Å². The Bertz CT molecular complexity index is 272. The Labute approximate surface area is 102 Å². The SMILES string of the molecule is COC1CNC(C(=O)NCC2CCCC2O)C1. The molecule has 98 valence electrons. The molecule has 1 aliphatic heterocycles. The van der Waals surface area contributed by atoms with E-state index in [1.54, 1.807) is 7.11 Å². The predicted octanol–water partition coefficient (Wildman–Crippen LogP) is -0.359. The molecule has 0 aromatic rings. The van der Waals surface area contributed by atoms with Crippen molar-refractivity contribution >= 4 is 5.91 Å². The molecular formula is C12H22N2O3. The first-order valence-corrected chi connectivity index (χ1v) is 6.42. The second kappa shape index (κ2) is 5.80. The normalized spacial score (nSPS) is 37.3. The average Bonchev–Trinajstić information content (AvgIpc) is 2.94. The van der Waals surface area contributed by atoms with Crippen LogP contribution in [0.25, 0.3) is 0 Å². The maximum absolute atomic E-state index is 11.9. The average molecular weight is 242 g/mol. The van der Waals surface area contributed by atoms with E-state index < -0.39 is 0 Å². The van der Waals surface area contributed by atoms with E-state index in [4.69, 9.17) is 4.74 Å². The summed E-state index contributed by atoms with van der Waals surface area (Å²) in [4.78, 5) is 11.9. The molecule has 0 spiro atoms. The first-order valence-electron chi connectivity index (χ1n) is 6.42. The molecule has 3 N–H and O–H groups in total. The van der Waals surface area contributed by atoms with E-state index in [1.807, 2.05) is 0 Å². The minimum atomic E-state index is -0.237. The van der Waals surface area contributed by atoms with Gasteiger partial charge in [0, 0.05) is 26.1 Å². The Morgan fingerprint density at radius 3 is 2.94 bits per heavy atom. The van der Waals surface area contributed by atoms with Gasteiger partial charge < -0.3 is 20.5 Å². The lowest BCUT2D eigenvalue weighted by Crippen LogP contribution is -2.43. The van der Waals surface area contributed by atoms with Crippen LogP contribution in [0.5, 0.6) is 0 Å². The molecule has 1 aliphatic carbocycles. The van der Waals surface area contributed by atoms with Gasteiger partial charge in [0.15, 0.2) is 0 Å². The largest absolute Gasteiger partial charge is 0.393 e. The number of methoxy groups -OCH3 is 1. The van der Waals surface area contributed by atoms with Crippen LogP contribution in [0.2, 0.25) is 0 Å². The van der Waals surface area contributed by atoms with Crippen molar-refractivity contribution in [1.29, 1.82) is 0 Å². The van der Waals surface area contributed by atoms with Gasteiger partial charge >= 0.3 is 0 Å². The molecule has 2 rings (SSSR count). The fourth-order valence-corrected chi connectivity index (χ4v) is 2.69. The Morgan fingerprint density at radius 1 is 1.53 bits per heavy atom. The number of carbonyl (C=O) groups is 1. The number of hydrogen-bond donors (Lipinski definition) is 3. The van der Waals surface area contributed by atoms with Gasteiger partial charge in [-0.15, -0.1) is 0 Å². The monoisotopic (exact) mass is 242 g/mol. The van der Waals surface area contributed by atoms with Crippen LogP contribution >= 0.6 is 0 Å². The third-order valence-electron chi connectivity index (χ3n) is 3.90. The molecule has 5 heteroatoms. The molecule has 5 nitrogen and oxygen atoms in total. The summed E-state index contributed by atoms with van der Waals surface area (Å²) in [7, 11) is 1.67. The minimum Gasteiger partial charge on any atom is -0.393 e. The predicted molar refractivity (Wildman–Crippen MR) is 63.6 cm³/mol. The Balaban J connectivity index is 1.70. The zero-order valence-corrected chi connectivity index (χ0v) is 10.3. The van der Waals surface area contributed by atoms with Gasteiger partial charge in [0.25, 0.3) is 0 Å². The van der Waals surface area contributed by atoms with Gasteiger partial charge in [-0.05, 0) is 19.3 Å². The van der Waals surface area contributed by atoms with Gasteiger partial charge in [0.05, 0.1) is 18.2 Å². The Kier molecular flexibility index (Phi) is 4.36. The van der Waals surface area contributed by atoms with E-state index in [9.17, 15) is 9.90 Å². The number of hydrogen-bond acceptors (Lipinski definition) is 4. The van der Waals surface area contributed by atoms with Crippen molar-refractivity contribution < 1.29 is 14.6 Å². The summed E-state index contributed by atoms with van der Waals surface area (Å²) >= 11 is 0. The second-order valence-electron chi connectivity index (χ2n) is 5.06. The van der Waals surface area contributed by atoms with Crippen LogP contribution in [0.1, 0.15) is 25.7 Å². The van der Waals surface area contributed by atoms with Gasteiger partial charge in [-0.25, -0.2) is 0 Å². The van der Waals surface area contributed by atoms with Crippen molar-refractivity contribution in [2.24, 2.45) is 5.92 Å². The summed E-state index contributed by atoms with van der Waals surface area (Å²) in [6.07, 6.45) is 3.58. The lowest BCUT2D eigenvalue weighted by molar-refractivity contribution is -0.123. The van der Waals surface area contributed by atoms with Gasteiger partial charge in [0.2, 0.25) is 5.91 Å². The molecule has 4 unspecified atom stereocenters. The van der Waals surface area contributed by atoms with Crippen molar-refractivity contribution in [3.05, 3.63) is 0 Å². The van der Waals surface area contributed by atoms with E-state index in [1.165, 1.54) is 0 Å². The van der Waals surface area contributed by atoms with Crippen molar-refractivity contribution in [3.63, 3.8) is 0 Å². The number of rotatable bonds is 4. The topological polar surface area (TPSA) is 70.6 Å². The van der Waals surface area contributed by atoms with Crippen molar-refractivity contribution in [3.8, 4) is 0 Å². The first kappa shape index (κ1) is 12.8. The Hall–Kier alpha value is -0.650. The molecule has 0 aromatic heterocycles. The molecular weight excluding hydrogens is 220 g/mol. The molecule has 17 heavy (non-hydrogen) atoms. The van der Waals surface area contributed by atoms with E-state index in [0.29, 0.717) is 6.54 Å². The van der Waals surface area contributed by atoms with Gasteiger partial charge in [-0.1, -0.05) is 6.42 Å².